The molecular weight excluding hydrogens is 368 g/mol. The van der Waals surface area contributed by atoms with Crippen molar-refractivity contribution < 1.29 is 9.59 Å². The predicted octanol–water partition coefficient (Wildman–Crippen LogP) is 4.28. The summed E-state index contributed by atoms with van der Waals surface area (Å²) in [6.07, 6.45) is 2.39. The highest BCUT2D eigenvalue weighted by atomic mass is 35.5. The molecule has 0 unspecified atom stereocenters. The number of rotatable bonds is 2. The summed E-state index contributed by atoms with van der Waals surface area (Å²) in [4.78, 5) is 28.3. The third-order valence-electron chi connectivity index (χ3n) is 5.12. The third kappa shape index (κ3) is 4.37. The number of carbonyl (C=O) groups is 2. The van der Waals surface area contributed by atoms with Crippen molar-refractivity contribution in [2.75, 3.05) is 18.8 Å². The molecule has 0 aromatic heterocycles. The Balaban J connectivity index is 1.59. The number of nitrogens with one attached hydrogen (secondary N) is 1. The van der Waals surface area contributed by atoms with E-state index in [2.05, 4.69) is 5.32 Å². The summed E-state index contributed by atoms with van der Waals surface area (Å²) >= 11 is 7.97. The van der Waals surface area contributed by atoms with Gasteiger partial charge in [0, 0.05) is 40.1 Å². The fourth-order valence-electron chi connectivity index (χ4n) is 3.62. The van der Waals surface area contributed by atoms with E-state index in [0.29, 0.717) is 18.1 Å². The maximum Gasteiger partial charge on any atom is 0.227 e. The fourth-order valence-corrected chi connectivity index (χ4v) is 4.91. The first-order valence-corrected chi connectivity index (χ1v) is 10.6. The van der Waals surface area contributed by atoms with Crippen LogP contribution in [-0.4, -0.2) is 35.6 Å². The first-order valence-electron chi connectivity index (χ1n) is 9.27. The van der Waals surface area contributed by atoms with E-state index in [1.165, 1.54) is 4.90 Å². The van der Waals surface area contributed by atoms with E-state index in [-0.39, 0.29) is 29.2 Å². The van der Waals surface area contributed by atoms with Crippen molar-refractivity contribution in [2.45, 2.75) is 51.0 Å². The van der Waals surface area contributed by atoms with Crippen molar-refractivity contribution >= 4 is 35.2 Å². The molecular formula is C20H27ClN2O2S. The molecule has 0 bridgehead atoms. The second-order valence-electron chi connectivity index (χ2n) is 8.20. The van der Waals surface area contributed by atoms with Gasteiger partial charge in [0.15, 0.2) is 0 Å². The zero-order valence-electron chi connectivity index (χ0n) is 15.7. The van der Waals surface area contributed by atoms with Crippen LogP contribution in [0.1, 0.15) is 51.6 Å². The Morgan fingerprint density at radius 1 is 1.19 bits per heavy atom. The van der Waals surface area contributed by atoms with Gasteiger partial charge in [0.2, 0.25) is 11.8 Å². The Hall–Kier alpha value is -1.20. The van der Waals surface area contributed by atoms with Crippen LogP contribution in [0, 0.1) is 11.3 Å². The molecule has 4 nitrogen and oxygen atoms in total. The van der Waals surface area contributed by atoms with Gasteiger partial charge in [-0.25, -0.2) is 0 Å². The monoisotopic (exact) mass is 394 g/mol. The molecule has 0 spiro atoms. The number of thioether (sulfide) groups is 1. The van der Waals surface area contributed by atoms with E-state index in [1.54, 1.807) is 0 Å². The predicted molar refractivity (Wildman–Crippen MR) is 106 cm³/mol. The second kappa shape index (κ2) is 7.81. The van der Waals surface area contributed by atoms with Gasteiger partial charge < -0.3 is 10.2 Å². The highest BCUT2D eigenvalue weighted by Crippen LogP contribution is 2.38. The topological polar surface area (TPSA) is 49.4 Å². The van der Waals surface area contributed by atoms with Crippen LogP contribution < -0.4 is 5.32 Å². The fraction of sp³-hybridized carbons (Fsp3) is 0.600. The normalized spacial score (nSPS) is 21.2. The Kier molecular flexibility index (Phi) is 5.88. The van der Waals surface area contributed by atoms with E-state index in [4.69, 9.17) is 11.6 Å². The summed E-state index contributed by atoms with van der Waals surface area (Å²) in [5.74, 6) is 1.26. The number of halogens is 1. The van der Waals surface area contributed by atoms with Gasteiger partial charge >= 0.3 is 0 Å². The van der Waals surface area contributed by atoms with E-state index in [0.717, 1.165) is 30.6 Å². The summed E-state index contributed by atoms with van der Waals surface area (Å²) < 4.78 is 0. The minimum absolute atomic E-state index is 0.0174. The van der Waals surface area contributed by atoms with Crippen LogP contribution in [0.25, 0.3) is 0 Å². The van der Waals surface area contributed by atoms with Gasteiger partial charge in [0.1, 0.15) is 0 Å². The summed E-state index contributed by atoms with van der Waals surface area (Å²) in [5.41, 5.74) is 0.764. The Morgan fingerprint density at radius 2 is 1.88 bits per heavy atom. The Labute approximate surface area is 165 Å². The van der Waals surface area contributed by atoms with Crippen LogP contribution in [0.5, 0.6) is 0 Å². The number of hydrogen-bond donors (Lipinski definition) is 1. The van der Waals surface area contributed by atoms with Crippen LogP contribution in [0.3, 0.4) is 0 Å². The lowest BCUT2D eigenvalue weighted by molar-refractivity contribution is -0.142. The van der Waals surface area contributed by atoms with Gasteiger partial charge in [0.25, 0.3) is 0 Å². The van der Waals surface area contributed by atoms with Gasteiger partial charge in [-0.15, -0.1) is 11.8 Å². The number of benzene rings is 1. The van der Waals surface area contributed by atoms with Gasteiger partial charge in [-0.3, -0.25) is 9.59 Å². The van der Waals surface area contributed by atoms with Crippen LogP contribution in [0.15, 0.2) is 23.1 Å². The number of fused-ring (bicyclic) bond motifs is 1. The molecule has 0 saturated carbocycles. The molecule has 1 aromatic rings. The highest BCUT2D eigenvalue weighted by molar-refractivity contribution is 7.99. The van der Waals surface area contributed by atoms with Crippen LogP contribution in [-0.2, 0) is 9.59 Å². The van der Waals surface area contributed by atoms with Crippen LogP contribution in [0.2, 0.25) is 5.02 Å². The molecule has 6 heteroatoms. The summed E-state index contributed by atoms with van der Waals surface area (Å²) in [7, 11) is 0. The lowest BCUT2D eigenvalue weighted by atomic mass is 9.90. The number of amides is 2. The van der Waals surface area contributed by atoms with Gasteiger partial charge in [-0.05, 0) is 43.0 Å². The van der Waals surface area contributed by atoms with Crippen molar-refractivity contribution in [3.05, 3.63) is 28.8 Å². The SMILES string of the molecule is CC(C)(C)C(=O)N1CCC(C(=O)N[C@@H]2CCSc3ccc(Cl)cc32)CC1. The quantitative estimate of drug-likeness (QED) is 0.814. The molecule has 1 aromatic carbocycles. The Bertz CT molecular complexity index is 694. The zero-order chi connectivity index (χ0) is 18.9. The van der Waals surface area contributed by atoms with Crippen molar-refractivity contribution in [1.29, 1.82) is 0 Å². The number of piperidine rings is 1. The van der Waals surface area contributed by atoms with Gasteiger partial charge in [0.05, 0.1) is 6.04 Å². The standard InChI is InChI=1S/C20H27ClN2O2S/c1-20(2,3)19(25)23-9-6-13(7-10-23)18(24)22-16-8-11-26-17-5-4-14(21)12-15(16)17/h4-5,12-13,16H,6-11H2,1-3H3,(H,22,24)/t16-/m1/s1. The minimum atomic E-state index is -0.363. The number of carbonyl (C=O) groups excluding carboxylic acids is 2. The van der Waals surface area contributed by atoms with E-state index in [1.807, 2.05) is 55.6 Å². The molecule has 2 aliphatic rings. The van der Waals surface area contributed by atoms with Crippen molar-refractivity contribution in [2.24, 2.45) is 11.3 Å². The molecule has 2 heterocycles. The number of likely N-dealkylation sites (tertiary alicyclic amines) is 1. The van der Waals surface area contributed by atoms with Crippen LogP contribution in [0.4, 0.5) is 0 Å². The smallest absolute Gasteiger partial charge is 0.227 e. The van der Waals surface area contributed by atoms with Crippen molar-refractivity contribution in [3.8, 4) is 0 Å². The Morgan fingerprint density at radius 3 is 2.54 bits per heavy atom. The van der Waals surface area contributed by atoms with E-state index >= 15 is 0 Å². The first-order chi connectivity index (χ1) is 12.3. The van der Waals surface area contributed by atoms with E-state index < -0.39 is 0 Å². The molecule has 142 valence electrons. The van der Waals surface area contributed by atoms with E-state index in [9.17, 15) is 9.59 Å². The molecule has 0 aliphatic carbocycles. The van der Waals surface area contributed by atoms with Crippen LogP contribution >= 0.6 is 23.4 Å². The molecule has 2 aliphatic heterocycles. The average Bonchev–Trinajstić information content (AvgIpc) is 2.61. The lowest BCUT2D eigenvalue weighted by Crippen LogP contribution is -2.47. The number of nitrogens with zero attached hydrogens (tertiary/aromatic N) is 1. The molecule has 1 N–H and O–H groups in total. The minimum Gasteiger partial charge on any atom is -0.349 e. The molecule has 0 radical (unpaired) electrons. The summed E-state index contributed by atoms with van der Waals surface area (Å²) in [5, 5.41) is 3.94. The molecule has 3 rings (SSSR count). The van der Waals surface area contributed by atoms with Crippen molar-refractivity contribution in [3.63, 3.8) is 0 Å². The third-order valence-corrected chi connectivity index (χ3v) is 6.48. The molecule has 1 saturated heterocycles. The maximum atomic E-state index is 12.8. The largest absolute Gasteiger partial charge is 0.349 e. The lowest BCUT2D eigenvalue weighted by Gasteiger charge is -2.36. The summed E-state index contributed by atoms with van der Waals surface area (Å²) in [6, 6.07) is 5.95. The average molecular weight is 395 g/mol. The van der Waals surface area contributed by atoms with Gasteiger partial charge in [-0.1, -0.05) is 32.4 Å². The van der Waals surface area contributed by atoms with Crippen molar-refractivity contribution in [1.82, 2.24) is 10.2 Å². The molecule has 26 heavy (non-hydrogen) atoms. The second-order valence-corrected chi connectivity index (χ2v) is 9.77. The number of hydrogen-bond acceptors (Lipinski definition) is 3. The summed E-state index contributed by atoms with van der Waals surface area (Å²) in [6.45, 7) is 7.15. The first kappa shape index (κ1) is 19.6. The molecule has 1 atom stereocenters. The maximum absolute atomic E-state index is 12.8. The molecule has 2 amide bonds. The zero-order valence-corrected chi connectivity index (χ0v) is 17.3. The molecule has 1 fully saturated rings. The van der Waals surface area contributed by atoms with Gasteiger partial charge in [-0.2, -0.15) is 0 Å². The highest BCUT2D eigenvalue weighted by Gasteiger charge is 2.33.